The van der Waals surface area contributed by atoms with E-state index in [-0.39, 0.29) is 11.4 Å². The number of amides is 2. The molecule has 0 spiro atoms. The Balaban J connectivity index is 2.07. The lowest BCUT2D eigenvalue weighted by atomic mass is 10.2. The number of hydrogen-bond acceptors (Lipinski definition) is 3. The van der Waals surface area contributed by atoms with Crippen LogP contribution in [0.25, 0.3) is 0 Å². The third-order valence-corrected chi connectivity index (χ3v) is 4.44. The minimum atomic E-state index is -0.922. The SMILES string of the molecule is C=CCNC(=O)N1C(C(=O)O)CSC1C1CC1. The fourth-order valence-corrected chi connectivity index (χ4v) is 3.60. The molecule has 1 aliphatic carbocycles. The first kappa shape index (κ1) is 12.3. The molecule has 1 saturated carbocycles. The van der Waals surface area contributed by atoms with E-state index in [1.807, 2.05) is 0 Å². The smallest absolute Gasteiger partial charge is 0.327 e. The molecule has 0 aromatic heterocycles. The molecule has 2 fully saturated rings. The van der Waals surface area contributed by atoms with Gasteiger partial charge in [0.25, 0.3) is 0 Å². The molecule has 0 radical (unpaired) electrons. The molecule has 6 heteroatoms. The summed E-state index contributed by atoms with van der Waals surface area (Å²) in [4.78, 5) is 24.6. The van der Waals surface area contributed by atoms with Crippen molar-refractivity contribution in [1.29, 1.82) is 0 Å². The predicted octanol–water partition coefficient (Wildman–Crippen LogP) is 1.12. The van der Waals surface area contributed by atoms with Crippen LogP contribution in [-0.4, -0.2) is 45.7 Å². The third kappa shape index (κ3) is 2.57. The summed E-state index contributed by atoms with van der Waals surface area (Å²) < 4.78 is 0. The van der Waals surface area contributed by atoms with Gasteiger partial charge < -0.3 is 10.4 Å². The van der Waals surface area contributed by atoms with Crippen molar-refractivity contribution in [3.63, 3.8) is 0 Å². The zero-order valence-corrected chi connectivity index (χ0v) is 10.3. The summed E-state index contributed by atoms with van der Waals surface area (Å²) in [6.45, 7) is 3.89. The molecule has 1 heterocycles. The van der Waals surface area contributed by atoms with E-state index in [0.29, 0.717) is 18.2 Å². The molecule has 2 unspecified atom stereocenters. The topological polar surface area (TPSA) is 69.6 Å². The van der Waals surface area contributed by atoms with Gasteiger partial charge in [0.15, 0.2) is 0 Å². The molecule has 0 aromatic rings. The highest BCUT2D eigenvalue weighted by molar-refractivity contribution is 8.00. The highest BCUT2D eigenvalue weighted by Crippen LogP contribution is 2.45. The van der Waals surface area contributed by atoms with Gasteiger partial charge in [0.2, 0.25) is 0 Å². The first-order valence-corrected chi connectivity index (χ1v) is 6.71. The standard InChI is InChI=1S/C11H16N2O3S/c1-2-5-12-11(16)13-8(10(14)15)6-17-9(13)7-3-4-7/h2,7-9H,1,3-6H2,(H,12,16)(H,14,15). The van der Waals surface area contributed by atoms with Crippen LogP contribution in [0.4, 0.5) is 4.79 Å². The first-order valence-electron chi connectivity index (χ1n) is 5.66. The van der Waals surface area contributed by atoms with E-state index in [9.17, 15) is 9.59 Å². The van der Waals surface area contributed by atoms with Gasteiger partial charge in [0.1, 0.15) is 6.04 Å². The molecule has 2 atom stereocenters. The molecular weight excluding hydrogens is 240 g/mol. The lowest BCUT2D eigenvalue weighted by molar-refractivity contribution is -0.141. The highest BCUT2D eigenvalue weighted by atomic mass is 32.2. The fourth-order valence-electron chi connectivity index (χ4n) is 1.97. The Hall–Kier alpha value is -1.17. The number of nitrogens with zero attached hydrogens (tertiary/aromatic N) is 1. The zero-order valence-electron chi connectivity index (χ0n) is 9.46. The second kappa shape index (κ2) is 5.00. The van der Waals surface area contributed by atoms with Crippen molar-refractivity contribution in [2.45, 2.75) is 24.3 Å². The Labute approximate surface area is 104 Å². The first-order chi connectivity index (χ1) is 8.15. The lowest BCUT2D eigenvalue weighted by Crippen LogP contribution is -2.50. The second-order valence-electron chi connectivity index (χ2n) is 4.30. The number of hydrogen-bond donors (Lipinski definition) is 2. The lowest BCUT2D eigenvalue weighted by Gasteiger charge is -2.27. The van der Waals surface area contributed by atoms with E-state index in [1.165, 1.54) is 4.90 Å². The number of carbonyl (C=O) groups excluding carboxylic acids is 1. The average Bonchev–Trinajstić information content (AvgIpc) is 3.04. The van der Waals surface area contributed by atoms with Gasteiger partial charge in [0, 0.05) is 12.3 Å². The van der Waals surface area contributed by atoms with Gasteiger partial charge in [-0.05, 0) is 18.8 Å². The Morgan fingerprint density at radius 2 is 2.24 bits per heavy atom. The fraction of sp³-hybridized carbons (Fsp3) is 0.636. The molecule has 2 aliphatic rings. The van der Waals surface area contributed by atoms with Crippen molar-refractivity contribution in [1.82, 2.24) is 10.2 Å². The van der Waals surface area contributed by atoms with Crippen molar-refractivity contribution in [3.8, 4) is 0 Å². The van der Waals surface area contributed by atoms with Crippen LogP contribution in [-0.2, 0) is 4.79 Å². The molecular formula is C11H16N2O3S. The minimum Gasteiger partial charge on any atom is -0.480 e. The maximum Gasteiger partial charge on any atom is 0.327 e. The summed E-state index contributed by atoms with van der Waals surface area (Å²) in [6.07, 6.45) is 3.77. The summed E-state index contributed by atoms with van der Waals surface area (Å²) in [5.41, 5.74) is 0. The maximum atomic E-state index is 12.0. The van der Waals surface area contributed by atoms with E-state index in [2.05, 4.69) is 11.9 Å². The van der Waals surface area contributed by atoms with Crippen molar-refractivity contribution in [3.05, 3.63) is 12.7 Å². The van der Waals surface area contributed by atoms with Crippen LogP contribution in [0.1, 0.15) is 12.8 Å². The largest absolute Gasteiger partial charge is 0.480 e. The number of carbonyl (C=O) groups is 2. The number of rotatable bonds is 4. The van der Waals surface area contributed by atoms with Crippen molar-refractivity contribution >= 4 is 23.8 Å². The number of urea groups is 1. The van der Waals surface area contributed by atoms with Crippen molar-refractivity contribution < 1.29 is 14.7 Å². The molecule has 0 bridgehead atoms. The van der Waals surface area contributed by atoms with Gasteiger partial charge in [-0.1, -0.05) is 6.08 Å². The van der Waals surface area contributed by atoms with Crippen LogP contribution >= 0.6 is 11.8 Å². The molecule has 0 aromatic carbocycles. The normalized spacial score (nSPS) is 27.9. The van der Waals surface area contributed by atoms with Gasteiger partial charge >= 0.3 is 12.0 Å². The van der Waals surface area contributed by atoms with E-state index in [0.717, 1.165) is 12.8 Å². The van der Waals surface area contributed by atoms with Crippen LogP contribution in [0, 0.1) is 5.92 Å². The molecule has 2 amide bonds. The summed E-state index contributed by atoms with van der Waals surface area (Å²) in [6, 6.07) is -0.991. The number of carboxylic acids is 1. The van der Waals surface area contributed by atoms with Gasteiger partial charge in [-0.15, -0.1) is 18.3 Å². The molecule has 5 nitrogen and oxygen atoms in total. The minimum absolute atomic E-state index is 0.0286. The molecule has 1 saturated heterocycles. The summed E-state index contributed by atoms with van der Waals surface area (Å²) >= 11 is 1.58. The quantitative estimate of drug-likeness (QED) is 0.740. The number of aliphatic carboxylic acids is 1. The summed E-state index contributed by atoms with van der Waals surface area (Å²) in [5.74, 6) is 0.0334. The predicted molar refractivity (Wildman–Crippen MR) is 65.8 cm³/mol. The second-order valence-corrected chi connectivity index (χ2v) is 5.45. The Morgan fingerprint density at radius 1 is 1.53 bits per heavy atom. The van der Waals surface area contributed by atoms with Crippen LogP contribution in [0.3, 0.4) is 0 Å². The Kier molecular flexibility index (Phi) is 3.61. The van der Waals surface area contributed by atoms with Crippen molar-refractivity contribution in [2.24, 2.45) is 5.92 Å². The van der Waals surface area contributed by atoms with E-state index < -0.39 is 12.0 Å². The van der Waals surface area contributed by atoms with E-state index in [4.69, 9.17) is 5.11 Å². The third-order valence-electron chi connectivity index (χ3n) is 2.98. The molecule has 1 aliphatic heterocycles. The van der Waals surface area contributed by atoms with Crippen molar-refractivity contribution in [2.75, 3.05) is 12.3 Å². The van der Waals surface area contributed by atoms with Gasteiger partial charge in [-0.25, -0.2) is 9.59 Å². The molecule has 2 rings (SSSR count). The number of thioether (sulfide) groups is 1. The Bertz CT molecular complexity index is 344. The van der Waals surface area contributed by atoms with Gasteiger partial charge in [0.05, 0.1) is 5.37 Å². The van der Waals surface area contributed by atoms with E-state index >= 15 is 0 Å². The number of nitrogens with one attached hydrogen (secondary N) is 1. The van der Waals surface area contributed by atoms with Gasteiger partial charge in [-0.3, -0.25) is 4.90 Å². The highest BCUT2D eigenvalue weighted by Gasteiger charge is 2.47. The molecule has 17 heavy (non-hydrogen) atoms. The summed E-state index contributed by atoms with van der Waals surface area (Å²) in [5, 5.41) is 11.8. The average molecular weight is 256 g/mol. The number of carboxylic acid groups (broad SMARTS) is 1. The molecule has 2 N–H and O–H groups in total. The van der Waals surface area contributed by atoms with Crippen LogP contribution in [0.2, 0.25) is 0 Å². The van der Waals surface area contributed by atoms with Gasteiger partial charge in [-0.2, -0.15) is 0 Å². The van der Waals surface area contributed by atoms with Crippen LogP contribution < -0.4 is 5.32 Å². The maximum absolute atomic E-state index is 12.0. The molecule has 94 valence electrons. The van der Waals surface area contributed by atoms with E-state index in [1.54, 1.807) is 17.8 Å². The zero-order chi connectivity index (χ0) is 12.4. The summed E-state index contributed by atoms with van der Waals surface area (Å²) in [7, 11) is 0. The van der Waals surface area contributed by atoms with Crippen LogP contribution in [0.5, 0.6) is 0 Å². The van der Waals surface area contributed by atoms with Crippen LogP contribution in [0.15, 0.2) is 12.7 Å². The monoisotopic (exact) mass is 256 g/mol. The Morgan fingerprint density at radius 3 is 2.76 bits per heavy atom.